The van der Waals surface area contributed by atoms with Crippen molar-refractivity contribution in [3.05, 3.63) is 48.3 Å². The number of rotatable bonds is 4. The molecule has 0 radical (unpaired) electrons. The third-order valence-electron chi connectivity index (χ3n) is 3.49. The Morgan fingerprint density at radius 3 is 2.60 bits per heavy atom. The van der Waals surface area contributed by atoms with Crippen molar-refractivity contribution in [2.24, 2.45) is 14.1 Å². The third kappa shape index (κ3) is 2.16. The highest BCUT2D eigenvalue weighted by atomic mass is 16.5. The minimum Gasteiger partial charge on any atom is -0.496 e. The molecule has 1 aromatic heterocycles. The van der Waals surface area contributed by atoms with Gasteiger partial charge in [-0.25, -0.2) is 9.13 Å². The summed E-state index contributed by atoms with van der Waals surface area (Å²) in [5, 5.41) is 0. The van der Waals surface area contributed by atoms with Crippen molar-refractivity contribution in [2.45, 2.75) is 6.92 Å². The Bertz CT molecular complexity index is 666. The van der Waals surface area contributed by atoms with E-state index in [9.17, 15) is 0 Å². The van der Waals surface area contributed by atoms with Crippen molar-refractivity contribution in [2.75, 3.05) is 7.11 Å². The van der Waals surface area contributed by atoms with Crippen LogP contribution in [0.4, 0.5) is 0 Å². The maximum absolute atomic E-state index is 5.48. The first-order valence-corrected chi connectivity index (χ1v) is 6.62. The number of benzene rings is 1. The molecule has 0 saturated carbocycles. The molecule has 0 amide bonds. The average Bonchev–Trinajstić information content (AvgIpc) is 2.70. The Labute approximate surface area is 120 Å². The number of hydrogen-bond donors (Lipinski definition) is 0. The number of imidazole rings is 1. The fraction of sp³-hybridized carbons (Fsp3) is 0.235. The Morgan fingerprint density at radius 1 is 1.30 bits per heavy atom. The summed E-state index contributed by atoms with van der Waals surface area (Å²) in [6, 6.07) is 8.05. The Balaban J connectivity index is 2.78. The molecule has 0 bridgehead atoms. The highest BCUT2D eigenvalue weighted by Gasteiger charge is 2.26. The molecule has 0 aliphatic rings. The minimum absolute atomic E-state index is 0.867. The van der Waals surface area contributed by atoms with Crippen molar-refractivity contribution in [3.63, 3.8) is 0 Å². The van der Waals surface area contributed by atoms with Crippen LogP contribution in [-0.4, -0.2) is 11.7 Å². The second-order valence-electron chi connectivity index (χ2n) is 4.62. The van der Waals surface area contributed by atoms with E-state index >= 15 is 0 Å². The number of hydrogen-bond acceptors (Lipinski definition) is 1. The van der Waals surface area contributed by atoms with Crippen LogP contribution in [0.2, 0.25) is 0 Å². The summed E-state index contributed by atoms with van der Waals surface area (Å²) < 4.78 is 9.78. The summed E-state index contributed by atoms with van der Waals surface area (Å²) in [4.78, 5) is 0. The Morgan fingerprint density at radius 2 is 2.00 bits per heavy atom. The van der Waals surface area contributed by atoms with Crippen LogP contribution in [0.3, 0.4) is 0 Å². The van der Waals surface area contributed by atoms with E-state index in [1.807, 2.05) is 44.3 Å². The van der Waals surface area contributed by atoms with E-state index in [1.165, 1.54) is 0 Å². The van der Waals surface area contributed by atoms with Crippen LogP contribution >= 0.6 is 0 Å². The lowest BCUT2D eigenvalue weighted by Gasteiger charge is -2.05. The summed E-state index contributed by atoms with van der Waals surface area (Å²) in [5.74, 6) is 1.96. The molecule has 0 unspecified atom stereocenters. The summed E-state index contributed by atoms with van der Waals surface area (Å²) in [6.07, 6.45) is 6.01. The van der Waals surface area contributed by atoms with Gasteiger partial charge in [-0.05, 0) is 31.2 Å². The van der Waals surface area contributed by atoms with Gasteiger partial charge in [-0.1, -0.05) is 24.8 Å². The molecule has 3 heteroatoms. The topological polar surface area (TPSA) is 18.0 Å². The minimum atomic E-state index is 0.867. The molecule has 20 heavy (non-hydrogen) atoms. The lowest BCUT2D eigenvalue weighted by molar-refractivity contribution is -0.661. The third-order valence-corrected chi connectivity index (χ3v) is 3.49. The molecule has 104 valence electrons. The number of aromatic nitrogens is 2. The van der Waals surface area contributed by atoms with Crippen LogP contribution in [0.15, 0.2) is 36.9 Å². The van der Waals surface area contributed by atoms with Gasteiger partial charge in [-0.2, -0.15) is 0 Å². The summed E-state index contributed by atoms with van der Waals surface area (Å²) in [5.41, 5.74) is 3.29. The quantitative estimate of drug-likeness (QED) is 0.779. The zero-order valence-electron chi connectivity index (χ0n) is 12.6. The van der Waals surface area contributed by atoms with E-state index in [4.69, 9.17) is 4.74 Å². The second-order valence-corrected chi connectivity index (χ2v) is 4.62. The molecule has 0 saturated heterocycles. The first kappa shape index (κ1) is 14.1. The molecule has 1 heterocycles. The van der Waals surface area contributed by atoms with E-state index < -0.39 is 0 Å². The second kappa shape index (κ2) is 5.78. The molecule has 2 aromatic rings. The number of methoxy groups -OCH3 is 1. The van der Waals surface area contributed by atoms with Gasteiger partial charge in [0.2, 0.25) is 0 Å². The molecule has 0 spiro atoms. The van der Waals surface area contributed by atoms with E-state index in [1.54, 1.807) is 7.11 Å². The van der Waals surface area contributed by atoms with E-state index in [0.717, 1.165) is 28.5 Å². The van der Waals surface area contributed by atoms with Crippen molar-refractivity contribution in [3.8, 4) is 17.1 Å². The van der Waals surface area contributed by atoms with E-state index in [2.05, 4.69) is 34.9 Å². The molecule has 0 aliphatic carbocycles. The zero-order chi connectivity index (χ0) is 14.7. The maximum Gasteiger partial charge on any atom is 0.293 e. The molecule has 0 atom stereocenters. The molecule has 0 aliphatic heterocycles. The zero-order valence-corrected chi connectivity index (χ0v) is 12.6. The Hall–Kier alpha value is -2.29. The molecule has 3 nitrogen and oxygen atoms in total. The Kier molecular flexibility index (Phi) is 4.08. The van der Waals surface area contributed by atoms with Gasteiger partial charge in [0.15, 0.2) is 11.4 Å². The van der Waals surface area contributed by atoms with Crippen LogP contribution < -0.4 is 9.30 Å². The molecular weight excluding hydrogens is 248 g/mol. The van der Waals surface area contributed by atoms with Crippen LogP contribution in [-0.2, 0) is 14.1 Å². The summed E-state index contributed by atoms with van der Waals surface area (Å²) >= 11 is 0. The van der Waals surface area contributed by atoms with Crippen LogP contribution in [0, 0.1) is 0 Å². The van der Waals surface area contributed by atoms with Gasteiger partial charge < -0.3 is 4.74 Å². The van der Waals surface area contributed by atoms with Gasteiger partial charge >= 0.3 is 0 Å². The smallest absolute Gasteiger partial charge is 0.293 e. The number of ether oxygens (including phenoxy) is 1. The fourth-order valence-electron chi connectivity index (χ4n) is 2.58. The van der Waals surface area contributed by atoms with Crippen molar-refractivity contribution in [1.82, 2.24) is 4.57 Å². The predicted molar refractivity (Wildman–Crippen MR) is 83.4 cm³/mol. The molecule has 0 fully saturated rings. The number of nitrogens with zero attached hydrogens (tertiary/aromatic N) is 2. The summed E-state index contributed by atoms with van der Waals surface area (Å²) in [6.45, 7) is 5.94. The van der Waals surface area contributed by atoms with Gasteiger partial charge in [0.25, 0.3) is 5.82 Å². The van der Waals surface area contributed by atoms with Gasteiger partial charge in [0.05, 0.1) is 21.2 Å². The standard InChI is InChI=1S/C17H21N2O/c1-6-10-15-14(7-2)18(3)17(19(15)4)13-11-8-9-12-16(13)20-5/h6-12H,2H2,1,3-5H3/q+1/b10-6-. The van der Waals surface area contributed by atoms with Gasteiger partial charge in [-0.3, -0.25) is 0 Å². The largest absolute Gasteiger partial charge is 0.496 e. The highest BCUT2D eigenvalue weighted by Crippen LogP contribution is 2.29. The molecular formula is C17H21N2O+. The van der Waals surface area contributed by atoms with Gasteiger partial charge in [0, 0.05) is 0 Å². The van der Waals surface area contributed by atoms with Crippen molar-refractivity contribution >= 4 is 12.2 Å². The van der Waals surface area contributed by atoms with Gasteiger partial charge in [0.1, 0.15) is 11.3 Å². The van der Waals surface area contributed by atoms with Crippen molar-refractivity contribution < 1.29 is 9.30 Å². The normalized spacial score (nSPS) is 11.0. The van der Waals surface area contributed by atoms with E-state index in [0.29, 0.717) is 0 Å². The lowest BCUT2D eigenvalue weighted by Crippen LogP contribution is -2.32. The van der Waals surface area contributed by atoms with E-state index in [-0.39, 0.29) is 0 Å². The number of para-hydroxylation sites is 1. The molecule has 1 aromatic carbocycles. The maximum atomic E-state index is 5.48. The SMILES string of the molecule is C=Cc1c(/C=C\C)[n+](C)c(-c2ccccc2OC)n1C. The van der Waals surface area contributed by atoms with Crippen LogP contribution in [0.25, 0.3) is 23.5 Å². The molecule has 0 N–H and O–H groups in total. The first-order valence-electron chi connectivity index (χ1n) is 6.62. The number of allylic oxidation sites excluding steroid dienone is 1. The van der Waals surface area contributed by atoms with Gasteiger partial charge in [-0.15, -0.1) is 0 Å². The fourth-order valence-corrected chi connectivity index (χ4v) is 2.58. The first-order chi connectivity index (χ1) is 9.65. The molecule has 2 rings (SSSR count). The lowest BCUT2D eigenvalue weighted by atomic mass is 10.2. The predicted octanol–water partition coefficient (Wildman–Crippen LogP) is 3.20. The van der Waals surface area contributed by atoms with Crippen LogP contribution in [0.5, 0.6) is 5.75 Å². The monoisotopic (exact) mass is 269 g/mol. The van der Waals surface area contributed by atoms with Crippen molar-refractivity contribution in [1.29, 1.82) is 0 Å². The van der Waals surface area contributed by atoms with Crippen LogP contribution in [0.1, 0.15) is 18.3 Å². The summed E-state index contributed by atoms with van der Waals surface area (Å²) in [7, 11) is 5.80. The highest BCUT2D eigenvalue weighted by molar-refractivity contribution is 5.67. The average molecular weight is 269 g/mol.